The topological polar surface area (TPSA) is 75.3 Å². The first-order valence-electron chi connectivity index (χ1n) is 5.62. The van der Waals surface area contributed by atoms with Crippen LogP contribution < -0.4 is 10.0 Å². The molecule has 1 aliphatic rings. The second-order valence-corrected chi connectivity index (χ2v) is 6.85. The largest absolute Gasteiger partial charge is 0.352 e. The molecule has 1 heterocycles. The van der Waals surface area contributed by atoms with Gasteiger partial charge in [0.05, 0.1) is 9.37 Å². The van der Waals surface area contributed by atoms with Crippen molar-refractivity contribution in [1.29, 1.82) is 0 Å². The van der Waals surface area contributed by atoms with E-state index < -0.39 is 15.8 Å². The van der Waals surface area contributed by atoms with E-state index >= 15 is 0 Å². The molecule has 0 aromatic heterocycles. The highest BCUT2D eigenvalue weighted by Crippen LogP contribution is 2.19. The molecule has 1 atom stereocenters. The maximum Gasteiger partial charge on any atom is 0.240 e. The average Bonchev–Trinajstić information content (AvgIpc) is 2.76. The third-order valence-electron chi connectivity index (χ3n) is 2.81. The number of hydrogen-bond donors (Lipinski definition) is 2. The first-order valence-corrected chi connectivity index (χ1v) is 7.90. The molecule has 1 amide bonds. The van der Waals surface area contributed by atoms with Gasteiger partial charge in [-0.25, -0.2) is 17.5 Å². The highest BCUT2D eigenvalue weighted by atomic mass is 79.9. The van der Waals surface area contributed by atoms with Crippen LogP contribution in [0.1, 0.15) is 12.8 Å². The van der Waals surface area contributed by atoms with E-state index in [0.29, 0.717) is 12.8 Å². The van der Waals surface area contributed by atoms with Gasteiger partial charge in [-0.2, -0.15) is 0 Å². The maximum atomic E-state index is 13.3. The fourth-order valence-electron chi connectivity index (χ4n) is 1.77. The smallest absolute Gasteiger partial charge is 0.240 e. The summed E-state index contributed by atoms with van der Waals surface area (Å²) in [6.07, 6.45) is 0.995. The molecule has 8 heteroatoms. The molecular weight excluding hydrogens is 339 g/mol. The predicted octanol–water partition coefficient (Wildman–Crippen LogP) is 1.15. The second-order valence-electron chi connectivity index (χ2n) is 4.23. The Labute approximate surface area is 118 Å². The zero-order valence-corrected chi connectivity index (χ0v) is 12.2. The van der Waals surface area contributed by atoms with E-state index in [0.717, 1.165) is 6.07 Å². The lowest BCUT2D eigenvalue weighted by Crippen LogP contribution is -2.38. The Morgan fingerprint density at radius 1 is 1.47 bits per heavy atom. The molecule has 0 aliphatic carbocycles. The Kier molecular flexibility index (Phi) is 4.22. The molecular formula is C11H12BrFN2O3S. The van der Waals surface area contributed by atoms with Crippen LogP contribution >= 0.6 is 15.9 Å². The minimum Gasteiger partial charge on any atom is -0.352 e. The van der Waals surface area contributed by atoms with Gasteiger partial charge in [0, 0.05) is 19.0 Å². The normalized spacial score (nSPS) is 19.5. The van der Waals surface area contributed by atoms with Crippen molar-refractivity contribution in [1.82, 2.24) is 10.0 Å². The molecule has 1 unspecified atom stereocenters. The quantitative estimate of drug-likeness (QED) is 0.855. The van der Waals surface area contributed by atoms with E-state index in [1.807, 2.05) is 0 Å². The Morgan fingerprint density at radius 3 is 2.79 bits per heavy atom. The summed E-state index contributed by atoms with van der Waals surface area (Å²) in [4.78, 5) is 10.8. The number of benzene rings is 1. The highest BCUT2D eigenvalue weighted by Gasteiger charge is 2.23. The number of carbonyl (C=O) groups excluding carboxylic acids is 1. The molecule has 1 fully saturated rings. The van der Waals surface area contributed by atoms with Gasteiger partial charge >= 0.3 is 0 Å². The van der Waals surface area contributed by atoms with Crippen molar-refractivity contribution in [3.05, 3.63) is 28.5 Å². The third-order valence-corrected chi connectivity index (χ3v) is 4.87. The van der Waals surface area contributed by atoms with Crippen LogP contribution in [0.4, 0.5) is 4.39 Å². The van der Waals surface area contributed by atoms with Crippen LogP contribution in [0.3, 0.4) is 0 Å². The summed E-state index contributed by atoms with van der Waals surface area (Å²) in [6, 6.07) is 3.38. The van der Waals surface area contributed by atoms with Gasteiger partial charge in [-0.15, -0.1) is 0 Å². The van der Waals surface area contributed by atoms with Gasteiger partial charge in [-0.1, -0.05) is 0 Å². The van der Waals surface area contributed by atoms with Crippen molar-refractivity contribution in [3.63, 3.8) is 0 Å². The number of hydrogen-bond acceptors (Lipinski definition) is 3. The predicted molar refractivity (Wildman–Crippen MR) is 70.5 cm³/mol. The summed E-state index contributed by atoms with van der Waals surface area (Å²) >= 11 is 2.96. The lowest BCUT2D eigenvalue weighted by atomic mass is 10.2. The molecule has 1 aromatic carbocycles. The van der Waals surface area contributed by atoms with E-state index in [4.69, 9.17) is 0 Å². The zero-order valence-electron chi connectivity index (χ0n) is 9.82. The fraction of sp³-hybridized carbons (Fsp3) is 0.364. The van der Waals surface area contributed by atoms with Crippen molar-refractivity contribution in [2.24, 2.45) is 0 Å². The van der Waals surface area contributed by atoms with Crippen molar-refractivity contribution in [3.8, 4) is 0 Å². The highest BCUT2D eigenvalue weighted by molar-refractivity contribution is 9.10. The van der Waals surface area contributed by atoms with Gasteiger partial charge in [0.1, 0.15) is 5.82 Å². The summed E-state index contributed by atoms with van der Waals surface area (Å²) < 4.78 is 39.7. The standard InChI is InChI=1S/C11H12BrFN2O3S/c12-9-3-2-8(5-10(9)13)19(17,18)14-6-7-1-4-11(16)15-7/h2-3,5,7,14H,1,4,6H2,(H,15,16). The van der Waals surface area contributed by atoms with Crippen molar-refractivity contribution >= 4 is 31.9 Å². The summed E-state index contributed by atoms with van der Waals surface area (Å²) in [7, 11) is -3.77. The number of sulfonamides is 1. The van der Waals surface area contributed by atoms with Crippen LogP contribution in [-0.4, -0.2) is 26.9 Å². The van der Waals surface area contributed by atoms with Gasteiger partial charge in [0.25, 0.3) is 0 Å². The third kappa shape index (κ3) is 3.52. The second kappa shape index (κ2) is 5.56. The molecule has 1 aliphatic heterocycles. The van der Waals surface area contributed by atoms with Crippen LogP contribution in [0, 0.1) is 5.82 Å². The SMILES string of the molecule is O=C1CCC(CNS(=O)(=O)c2ccc(Br)c(F)c2)N1. The van der Waals surface area contributed by atoms with Gasteiger partial charge in [0.2, 0.25) is 15.9 Å². The minimum absolute atomic E-state index is 0.0844. The molecule has 2 N–H and O–H groups in total. The van der Waals surface area contributed by atoms with Crippen molar-refractivity contribution < 1.29 is 17.6 Å². The summed E-state index contributed by atoms with van der Waals surface area (Å²) in [6.45, 7) is 0.103. The Bertz CT molecular complexity index is 606. The molecule has 19 heavy (non-hydrogen) atoms. The molecule has 2 rings (SSSR count). The molecule has 1 aromatic rings. The monoisotopic (exact) mass is 350 g/mol. The lowest BCUT2D eigenvalue weighted by Gasteiger charge is -2.12. The molecule has 104 valence electrons. The van der Waals surface area contributed by atoms with Gasteiger partial charge < -0.3 is 5.32 Å². The maximum absolute atomic E-state index is 13.3. The van der Waals surface area contributed by atoms with E-state index in [9.17, 15) is 17.6 Å². The number of nitrogens with one attached hydrogen (secondary N) is 2. The molecule has 1 saturated heterocycles. The first-order chi connectivity index (χ1) is 8.88. The Morgan fingerprint density at radius 2 is 2.21 bits per heavy atom. The minimum atomic E-state index is -3.77. The van der Waals surface area contributed by atoms with Gasteiger partial charge in [-0.05, 0) is 40.5 Å². The molecule has 5 nitrogen and oxygen atoms in total. The van der Waals surface area contributed by atoms with Crippen LogP contribution in [0.15, 0.2) is 27.6 Å². The molecule has 0 spiro atoms. The Hall–Kier alpha value is -0.990. The van der Waals surface area contributed by atoms with E-state index in [-0.39, 0.29) is 27.9 Å². The average molecular weight is 351 g/mol. The first kappa shape index (κ1) is 14.4. The van der Waals surface area contributed by atoms with Crippen LogP contribution in [0.2, 0.25) is 0 Å². The Balaban J connectivity index is 2.05. The lowest BCUT2D eigenvalue weighted by molar-refractivity contribution is -0.119. The van der Waals surface area contributed by atoms with E-state index in [1.165, 1.54) is 12.1 Å². The van der Waals surface area contributed by atoms with Crippen LogP contribution in [0.25, 0.3) is 0 Å². The van der Waals surface area contributed by atoms with Gasteiger partial charge in [-0.3, -0.25) is 4.79 Å². The van der Waals surface area contributed by atoms with Gasteiger partial charge in [0.15, 0.2) is 0 Å². The van der Waals surface area contributed by atoms with Crippen molar-refractivity contribution in [2.75, 3.05) is 6.54 Å². The van der Waals surface area contributed by atoms with E-state index in [1.54, 1.807) is 0 Å². The zero-order chi connectivity index (χ0) is 14.0. The summed E-state index contributed by atoms with van der Waals surface area (Å²) in [5, 5.41) is 2.65. The number of amides is 1. The summed E-state index contributed by atoms with van der Waals surface area (Å²) in [5.74, 6) is -0.726. The van der Waals surface area contributed by atoms with Crippen molar-refractivity contribution in [2.45, 2.75) is 23.8 Å². The molecule has 0 saturated carbocycles. The van der Waals surface area contributed by atoms with Crippen LogP contribution in [-0.2, 0) is 14.8 Å². The number of rotatable bonds is 4. The van der Waals surface area contributed by atoms with E-state index in [2.05, 4.69) is 26.0 Å². The fourth-order valence-corrected chi connectivity index (χ4v) is 3.11. The summed E-state index contributed by atoms with van der Waals surface area (Å²) in [5.41, 5.74) is 0. The van der Waals surface area contributed by atoms with Crippen LogP contribution in [0.5, 0.6) is 0 Å². The molecule has 0 radical (unpaired) electrons. The number of halogens is 2. The number of carbonyl (C=O) groups is 1. The molecule has 0 bridgehead atoms.